The molecule has 4 nitrogen and oxygen atoms in total. The van der Waals surface area contributed by atoms with Crippen LogP contribution in [-0.4, -0.2) is 26.5 Å². The first-order chi connectivity index (χ1) is 7.85. The lowest BCUT2D eigenvalue weighted by molar-refractivity contribution is 0.597. The van der Waals surface area contributed by atoms with Crippen molar-refractivity contribution in [3.63, 3.8) is 0 Å². The van der Waals surface area contributed by atoms with E-state index in [0.29, 0.717) is 11.4 Å². The topological polar surface area (TPSA) is 72.2 Å². The molecule has 0 spiro atoms. The summed E-state index contributed by atoms with van der Waals surface area (Å²) in [5.41, 5.74) is 6.43. The largest absolute Gasteiger partial charge is 0.397 e. The van der Waals surface area contributed by atoms with Crippen molar-refractivity contribution in [1.82, 2.24) is 0 Å². The van der Waals surface area contributed by atoms with Crippen molar-refractivity contribution >= 4 is 37.1 Å². The molecule has 0 heterocycles. The van der Waals surface area contributed by atoms with E-state index in [1.807, 2.05) is 0 Å². The van der Waals surface area contributed by atoms with Gasteiger partial charge in [0.1, 0.15) is 5.82 Å². The number of nitrogens with one attached hydrogen (secondary N) is 1. The summed E-state index contributed by atoms with van der Waals surface area (Å²) in [4.78, 5) is 0. The van der Waals surface area contributed by atoms with Crippen LogP contribution in [0.4, 0.5) is 15.8 Å². The number of anilines is 2. The van der Waals surface area contributed by atoms with Crippen molar-refractivity contribution in [3.8, 4) is 0 Å². The van der Waals surface area contributed by atoms with Gasteiger partial charge in [-0.2, -0.15) is 0 Å². The summed E-state index contributed by atoms with van der Waals surface area (Å²) in [7, 11) is -3.03. The standard InChI is InChI=1S/C10H14BrFN2O2S/c1-2-17(15,16)4-3-14-10-6-8(12)7(11)5-9(10)13/h5-6,14H,2-4,13H2,1H3. The van der Waals surface area contributed by atoms with Gasteiger partial charge in [-0.25, -0.2) is 12.8 Å². The van der Waals surface area contributed by atoms with E-state index in [2.05, 4.69) is 21.2 Å². The first-order valence-corrected chi connectivity index (χ1v) is 7.66. The maximum Gasteiger partial charge on any atom is 0.151 e. The second kappa shape index (κ2) is 5.68. The van der Waals surface area contributed by atoms with Crippen LogP contribution in [-0.2, 0) is 9.84 Å². The third-order valence-corrected chi connectivity index (χ3v) is 4.57. The van der Waals surface area contributed by atoms with Crippen LogP contribution in [0.25, 0.3) is 0 Å². The van der Waals surface area contributed by atoms with Gasteiger partial charge in [0.25, 0.3) is 0 Å². The van der Waals surface area contributed by atoms with Gasteiger partial charge in [0, 0.05) is 18.4 Å². The molecule has 0 saturated carbocycles. The van der Waals surface area contributed by atoms with E-state index in [1.54, 1.807) is 6.92 Å². The zero-order valence-corrected chi connectivity index (χ0v) is 11.7. The maximum absolute atomic E-state index is 13.2. The zero-order chi connectivity index (χ0) is 13.1. The van der Waals surface area contributed by atoms with Crippen LogP contribution in [0.2, 0.25) is 0 Å². The van der Waals surface area contributed by atoms with Crippen LogP contribution in [0, 0.1) is 5.82 Å². The van der Waals surface area contributed by atoms with E-state index in [1.165, 1.54) is 12.1 Å². The SMILES string of the molecule is CCS(=O)(=O)CCNc1cc(F)c(Br)cc1N. The number of hydrogen-bond donors (Lipinski definition) is 2. The maximum atomic E-state index is 13.2. The Bertz CT molecular complexity index is 505. The highest BCUT2D eigenvalue weighted by atomic mass is 79.9. The Morgan fingerprint density at radius 3 is 2.71 bits per heavy atom. The summed E-state index contributed by atoms with van der Waals surface area (Å²) >= 11 is 3.01. The third kappa shape index (κ3) is 4.16. The predicted octanol–water partition coefficient (Wildman–Crippen LogP) is 2.02. The summed E-state index contributed by atoms with van der Waals surface area (Å²) in [6.45, 7) is 1.80. The van der Waals surface area contributed by atoms with Crippen LogP contribution in [0.5, 0.6) is 0 Å². The fourth-order valence-electron chi connectivity index (χ4n) is 1.20. The van der Waals surface area contributed by atoms with E-state index >= 15 is 0 Å². The molecule has 7 heteroatoms. The van der Waals surface area contributed by atoms with Gasteiger partial charge >= 0.3 is 0 Å². The minimum atomic E-state index is -3.03. The average molecular weight is 325 g/mol. The summed E-state index contributed by atoms with van der Waals surface area (Å²) < 4.78 is 36.0. The fraction of sp³-hybridized carbons (Fsp3) is 0.400. The smallest absolute Gasteiger partial charge is 0.151 e. The first kappa shape index (κ1) is 14.2. The number of hydrogen-bond acceptors (Lipinski definition) is 4. The minimum Gasteiger partial charge on any atom is -0.397 e. The highest BCUT2D eigenvalue weighted by Gasteiger charge is 2.09. The zero-order valence-electron chi connectivity index (χ0n) is 9.33. The van der Waals surface area contributed by atoms with E-state index < -0.39 is 15.7 Å². The summed E-state index contributed by atoms with van der Waals surface area (Å²) in [5.74, 6) is -0.348. The summed E-state index contributed by atoms with van der Waals surface area (Å²) in [5, 5.41) is 2.81. The molecule has 96 valence electrons. The molecule has 0 amide bonds. The molecule has 0 aliphatic carbocycles. The Morgan fingerprint density at radius 1 is 1.47 bits per heavy atom. The molecule has 0 bridgehead atoms. The molecular weight excluding hydrogens is 311 g/mol. The van der Waals surface area contributed by atoms with Crippen molar-refractivity contribution in [1.29, 1.82) is 0 Å². The number of nitrogens with two attached hydrogens (primary N) is 1. The highest BCUT2D eigenvalue weighted by Crippen LogP contribution is 2.26. The van der Waals surface area contributed by atoms with Crippen LogP contribution < -0.4 is 11.1 Å². The van der Waals surface area contributed by atoms with Gasteiger partial charge in [-0.3, -0.25) is 0 Å². The number of rotatable bonds is 5. The lowest BCUT2D eigenvalue weighted by Crippen LogP contribution is -2.17. The molecule has 3 N–H and O–H groups in total. The van der Waals surface area contributed by atoms with E-state index in [0.717, 1.165) is 0 Å². The van der Waals surface area contributed by atoms with Gasteiger partial charge in [-0.05, 0) is 22.0 Å². The lowest BCUT2D eigenvalue weighted by atomic mass is 10.2. The molecule has 0 radical (unpaired) electrons. The second-order valence-corrected chi connectivity index (χ2v) is 6.84. The van der Waals surface area contributed by atoms with Gasteiger partial charge in [0.05, 0.1) is 21.6 Å². The summed E-state index contributed by atoms with van der Waals surface area (Å²) in [6.07, 6.45) is 0. The van der Waals surface area contributed by atoms with Crippen molar-refractivity contribution in [2.24, 2.45) is 0 Å². The molecule has 17 heavy (non-hydrogen) atoms. The Hall–Kier alpha value is -0.820. The number of nitrogen functional groups attached to an aromatic ring is 1. The number of halogens is 2. The minimum absolute atomic E-state index is 0.000618. The predicted molar refractivity (Wildman–Crippen MR) is 71.3 cm³/mol. The Labute approximate surface area is 108 Å². The van der Waals surface area contributed by atoms with Crippen molar-refractivity contribution in [3.05, 3.63) is 22.4 Å². The van der Waals surface area contributed by atoms with Crippen molar-refractivity contribution < 1.29 is 12.8 Å². The molecule has 0 unspecified atom stereocenters. The highest BCUT2D eigenvalue weighted by molar-refractivity contribution is 9.10. The van der Waals surface area contributed by atoms with Crippen LogP contribution in [0.1, 0.15) is 6.92 Å². The quantitative estimate of drug-likeness (QED) is 0.813. The lowest BCUT2D eigenvalue weighted by Gasteiger charge is -2.10. The fourth-order valence-corrected chi connectivity index (χ4v) is 2.26. The molecule has 0 aliphatic heterocycles. The van der Waals surface area contributed by atoms with E-state index in [9.17, 15) is 12.8 Å². The van der Waals surface area contributed by atoms with E-state index in [-0.39, 0.29) is 22.5 Å². The molecule has 0 fully saturated rings. The van der Waals surface area contributed by atoms with Gasteiger partial charge in [-0.1, -0.05) is 6.92 Å². The molecule has 1 rings (SSSR count). The van der Waals surface area contributed by atoms with Crippen LogP contribution >= 0.6 is 15.9 Å². The summed E-state index contributed by atoms with van der Waals surface area (Å²) in [6, 6.07) is 2.67. The Morgan fingerprint density at radius 2 is 2.12 bits per heavy atom. The normalized spacial score (nSPS) is 11.5. The molecule has 0 atom stereocenters. The first-order valence-electron chi connectivity index (χ1n) is 5.04. The Kier molecular flexibility index (Phi) is 4.76. The van der Waals surface area contributed by atoms with E-state index in [4.69, 9.17) is 5.73 Å². The molecule has 1 aromatic rings. The van der Waals surface area contributed by atoms with Gasteiger partial charge in [0.15, 0.2) is 9.84 Å². The van der Waals surface area contributed by atoms with Gasteiger partial charge in [-0.15, -0.1) is 0 Å². The average Bonchev–Trinajstić information content (AvgIpc) is 2.25. The van der Waals surface area contributed by atoms with Crippen LogP contribution in [0.15, 0.2) is 16.6 Å². The van der Waals surface area contributed by atoms with Gasteiger partial charge in [0.2, 0.25) is 0 Å². The monoisotopic (exact) mass is 324 g/mol. The molecule has 0 saturated heterocycles. The molecular formula is C10H14BrFN2O2S. The second-order valence-electron chi connectivity index (χ2n) is 3.52. The van der Waals surface area contributed by atoms with Gasteiger partial charge < -0.3 is 11.1 Å². The van der Waals surface area contributed by atoms with Crippen molar-refractivity contribution in [2.45, 2.75) is 6.92 Å². The van der Waals surface area contributed by atoms with Crippen molar-refractivity contribution in [2.75, 3.05) is 29.1 Å². The number of benzene rings is 1. The Balaban J connectivity index is 2.68. The number of sulfone groups is 1. The third-order valence-electron chi connectivity index (χ3n) is 2.26. The molecule has 0 aliphatic rings. The molecule has 1 aromatic carbocycles. The van der Waals surface area contributed by atoms with Crippen LogP contribution in [0.3, 0.4) is 0 Å². The molecule has 0 aromatic heterocycles.